The normalized spacial score (nSPS) is 48.9. The molecule has 1 saturated carbocycles. The molecule has 6 aliphatic rings. The van der Waals surface area contributed by atoms with E-state index in [0.717, 1.165) is 0 Å². The number of cyclic esters (lactones) is 1. The van der Waals surface area contributed by atoms with Crippen molar-refractivity contribution in [3.8, 4) is 0 Å². The van der Waals surface area contributed by atoms with Crippen LogP contribution in [0, 0.1) is 22.2 Å². The van der Waals surface area contributed by atoms with Gasteiger partial charge in [0, 0.05) is 11.6 Å². The van der Waals surface area contributed by atoms with E-state index in [1.807, 2.05) is 0 Å². The maximum absolute atomic E-state index is 13.5. The number of methoxy groups -OCH3 is 1. The van der Waals surface area contributed by atoms with Gasteiger partial charge in [-0.25, -0.2) is 0 Å². The van der Waals surface area contributed by atoms with Crippen molar-refractivity contribution in [3.05, 3.63) is 35.5 Å². The van der Waals surface area contributed by atoms with Crippen molar-refractivity contribution in [2.45, 2.75) is 5.60 Å². The summed E-state index contributed by atoms with van der Waals surface area (Å²) in [7, 11) is 1.44. The first-order chi connectivity index (χ1) is 12.9. The fraction of sp³-hybridized carbons (Fsp3) is 0.579. The lowest BCUT2D eigenvalue weighted by Gasteiger charge is -2.51. The molecule has 3 aliphatic heterocycles. The highest BCUT2D eigenvalue weighted by Crippen LogP contribution is 2.83. The van der Waals surface area contributed by atoms with Gasteiger partial charge in [-0.15, -0.1) is 0 Å². The molecule has 0 aromatic heterocycles. The zero-order valence-electron chi connectivity index (χ0n) is 14.7. The number of ether oxygens (including phenoxy) is 5. The molecule has 8 nitrogen and oxygen atoms in total. The van der Waals surface area contributed by atoms with Crippen LogP contribution in [0.3, 0.4) is 0 Å². The van der Waals surface area contributed by atoms with Crippen molar-refractivity contribution >= 4 is 11.8 Å². The Labute approximate surface area is 154 Å². The van der Waals surface area contributed by atoms with Gasteiger partial charge >= 0.3 is 5.97 Å². The van der Waals surface area contributed by atoms with Gasteiger partial charge in [0.1, 0.15) is 36.4 Å². The van der Waals surface area contributed by atoms with Gasteiger partial charge in [0.05, 0.1) is 31.7 Å². The summed E-state index contributed by atoms with van der Waals surface area (Å²) < 4.78 is 28.5. The molecular weight excluding hydrogens is 356 g/mol. The first-order valence-electron chi connectivity index (χ1n) is 8.91. The summed E-state index contributed by atoms with van der Waals surface area (Å²) in [6, 6.07) is 0. The lowest BCUT2D eigenvalue weighted by Crippen LogP contribution is -2.63. The largest absolute Gasteiger partial charge is 0.501 e. The Hall–Kier alpha value is -2.32. The monoisotopic (exact) mass is 374 g/mol. The number of allylic oxidation sites excluding steroid dienone is 2. The summed E-state index contributed by atoms with van der Waals surface area (Å²) >= 11 is 0. The molecule has 0 amide bonds. The second kappa shape index (κ2) is 4.23. The van der Waals surface area contributed by atoms with Crippen LogP contribution in [0.2, 0.25) is 0 Å². The molecule has 8 heteroatoms. The zero-order valence-corrected chi connectivity index (χ0v) is 14.7. The minimum absolute atomic E-state index is 0.0309. The Balaban J connectivity index is 1.82. The number of carbonyl (C=O) groups excluding carboxylic acids is 2. The average molecular weight is 374 g/mol. The van der Waals surface area contributed by atoms with Crippen LogP contribution in [-0.2, 0) is 33.3 Å². The third kappa shape index (κ3) is 1.12. The van der Waals surface area contributed by atoms with E-state index in [2.05, 4.69) is 6.58 Å². The van der Waals surface area contributed by atoms with E-state index in [1.165, 1.54) is 13.2 Å². The number of rotatable bonds is 1. The molecule has 0 aromatic carbocycles. The Kier molecular flexibility index (Phi) is 2.46. The van der Waals surface area contributed by atoms with Gasteiger partial charge in [-0.3, -0.25) is 9.59 Å². The van der Waals surface area contributed by atoms with Gasteiger partial charge in [-0.1, -0.05) is 6.58 Å². The number of hydrogen-bond acceptors (Lipinski definition) is 8. The molecule has 3 fully saturated rings. The Bertz CT molecular complexity index is 917. The van der Waals surface area contributed by atoms with Crippen LogP contribution in [0.15, 0.2) is 35.5 Å². The highest BCUT2D eigenvalue weighted by Gasteiger charge is 2.96. The van der Waals surface area contributed by atoms with Crippen LogP contribution >= 0.6 is 0 Å². The number of hydrogen-bond donors (Lipinski definition) is 1. The number of aliphatic hydroxyl groups is 1. The van der Waals surface area contributed by atoms with Crippen LogP contribution in [-0.4, -0.2) is 62.6 Å². The third-order valence-corrected chi connectivity index (χ3v) is 7.62. The SMILES string of the molecule is C=C1C2=C(OCCO2)C2(O)C3C(OC)=CC(=O)C24COCC42C(=O)OCC132. The number of ketones is 1. The first kappa shape index (κ1) is 15.7. The Morgan fingerprint density at radius 2 is 1.89 bits per heavy atom. The molecule has 3 aliphatic carbocycles. The molecule has 0 radical (unpaired) electrons. The molecule has 0 aromatic rings. The van der Waals surface area contributed by atoms with Crippen LogP contribution < -0.4 is 0 Å². The van der Waals surface area contributed by atoms with E-state index in [9.17, 15) is 14.7 Å². The molecule has 142 valence electrons. The van der Waals surface area contributed by atoms with E-state index >= 15 is 0 Å². The van der Waals surface area contributed by atoms with Crippen LogP contribution in [0.5, 0.6) is 0 Å². The average Bonchev–Trinajstić information content (AvgIpc) is 3.23. The summed E-state index contributed by atoms with van der Waals surface area (Å²) in [5.74, 6) is -0.972. The molecule has 5 atom stereocenters. The minimum atomic E-state index is -1.84. The zero-order chi connectivity index (χ0) is 18.8. The van der Waals surface area contributed by atoms with Crippen molar-refractivity contribution in [2.24, 2.45) is 22.2 Å². The fourth-order valence-corrected chi connectivity index (χ4v) is 6.73. The van der Waals surface area contributed by atoms with Crippen molar-refractivity contribution < 1.29 is 38.4 Å². The van der Waals surface area contributed by atoms with Gasteiger partial charge in [-0.2, -0.15) is 0 Å². The summed E-state index contributed by atoms with van der Waals surface area (Å²) in [5, 5.41) is 12.2. The highest BCUT2D eigenvalue weighted by atomic mass is 16.6. The van der Waals surface area contributed by atoms with E-state index in [1.54, 1.807) is 0 Å². The van der Waals surface area contributed by atoms with Crippen molar-refractivity contribution in [2.75, 3.05) is 40.1 Å². The molecule has 1 N–H and O–H groups in total. The predicted octanol–water partition coefficient (Wildman–Crippen LogP) is -0.165. The molecule has 3 heterocycles. The Morgan fingerprint density at radius 1 is 1.15 bits per heavy atom. The van der Waals surface area contributed by atoms with Gasteiger partial charge in [0.15, 0.2) is 22.9 Å². The quantitative estimate of drug-likeness (QED) is 0.632. The van der Waals surface area contributed by atoms with Gasteiger partial charge in [-0.05, 0) is 0 Å². The predicted molar refractivity (Wildman–Crippen MR) is 85.7 cm³/mol. The maximum atomic E-state index is 13.5. The maximum Gasteiger partial charge on any atom is 0.316 e. The van der Waals surface area contributed by atoms with Gasteiger partial charge in [0.25, 0.3) is 0 Å². The third-order valence-electron chi connectivity index (χ3n) is 7.62. The summed E-state index contributed by atoms with van der Waals surface area (Å²) in [5.41, 5.74) is -5.43. The molecular formula is C19H18O8. The van der Waals surface area contributed by atoms with E-state index in [0.29, 0.717) is 23.7 Å². The first-order valence-corrected chi connectivity index (χ1v) is 8.91. The topological polar surface area (TPSA) is 101 Å². The van der Waals surface area contributed by atoms with Crippen LogP contribution in [0.25, 0.3) is 0 Å². The van der Waals surface area contributed by atoms with Crippen molar-refractivity contribution in [3.63, 3.8) is 0 Å². The molecule has 6 rings (SSSR count). The second-order valence-corrected chi connectivity index (χ2v) is 8.00. The molecule has 27 heavy (non-hydrogen) atoms. The van der Waals surface area contributed by atoms with Crippen LogP contribution in [0.1, 0.15) is 0 Å². The van der Waals surface area contributed by atoms with Crippen molar-refractivity contribution in [1.82, 2.24) is 0 Å². The fourth-order valence-electron chi connectivity index (χ4n) is 6.73. The number of esters is 1. The van der Waals surface area contributed by atoms with E-state index in [-0.39, 0.29) is 32.2 Å². The Morgan fingerprint density at radius 3 is 2.67 bits per heavy atom. The molecule has 4 bridgehead atoms. The smallest absolute Gasteiger partial charge is 0.316 e. The minimum Gasteiger partial charge on any atom is -0.501 e. The number of carbonyl (C=O) groups is 2. The summed E-state index contributed by atoms with van der Waals surface area (Å²) in [6.07, 6.45) is 1.38. The molecule has 3 spiro atoms. The van der Waals surface area contributed by atoms with Gasteiger partial charge < -0.3 is 28.8 Å². The lowest BCUT2D eigenvalue weighted by atomic mass is 9.55. The van der Waals surface area contributed by atoms with Crippen molar-refractivity contribution in [1.29, 1.82) is 0 Å². The van der Waals surface area contributed by atoms with Crippen LogP contribution in [0.4, 0.5) is 0 Å². The highest BCUT2D eigenvalue weighted by molar-refractivity contribution is 6.06. The molecule has 5 unspecified atom stereocenters. The second-order valence-electron chi connectivity index (χ2n) is 8.00. The lowest BCUT2D eigenvalue weighted by molar-refractivity contribution is -0.174. The van der Waals surface area contributed by atoms with E-state index in [4.69, 9.17) is 23.7 Å². The van der Waals surface area contributed by atoms with E-state index < -0.39 is 39.5 Å². The van der Waals surface area contributed by atoms with Gasteiger partial charge in [0.2, 0.25) is 0 Å². The molecule has 2 saturated heterocycles. The summed E-state index contributed by atoms with van der Waals surface area (Å²) in [6.45, 7) is 4.56. The standard InChI is InChI=1S/C19H18O8/c1-9-12-14(26-4-3-25-12)19(22)13-10(23-2)5-11(20)17(19)7-24-8-18(17)15(21)27-6-16(9,13)18/h5,13,22H,1,3-4,6-8H2,2H3. The summed E-state index contributed by atoms with van der Waals surface area (Å²) in [4.78, 5) is 26.7.